The molecule has 1 atom stereocenters. The lowest BCUT2D eigenvalue weighted by Gasteiger charge is -2.31. The number of aryl methyl sites for hydroxylation is 1. The van der Waals surface area contributed by atoms with E-state index in [0.29, 0.717) is 18.4 Å². The monoisotopic (exact) mass is 244 g/mol. The van der Waals surface area contributed by atoms with Crippen molar-refractivity contribution in [3.05, 3.63) is 48.0 Å². The van der Waals surface area contributed by atoms with Crippen LogP contribution in [-0.2, 0) is 16.0 Å². The third-order valence-electron chi connectivity index (χ3n) is 3.44. The third-order valence-corrected chi connectivity index (χ3v) is 3.44. The molecule has 0 saturated carbocycles. The minimum atomic E-state index is -1.20. The molecule has 0 aliphatic heterocycles. The average Bonchev–Trinajstić information content (AvgIpc) is 2.40. The maximum Gasteiger partial charge on any atom is 0.323 e. The molecule has 1 aromatic rings. The van der Waals surface area contributed by atoms with Crippen LogP contribution in [0.25, 0.3) is 0 Å². The van der Waals surface area contributed by atoms with Crippen molar-refractivity contribution in [2.24, 2.45) is 5.41 Å². The van der Waals surface area contributed by atoms with Crippen LogP contribution in [-0.4, -0.2) is 18.4 Å². The lowest BCUT2D eigenvalue weighted by atomic mass is 9.70. The SMILES string of the molecule is C=CC1(C(=O)OCC)CCc2ccccc2C1=O. The molecule has 94 valence electrons. The van der Waals surface area contributed by atoms with Crippen LogP contribution in [0.2, 0.25) is 0 Å². The Labute approximate surface area is 106 Å². The Bertz CT molecular complexity index is 504. The van der Waals surface area contributed by atoms with Crippen LogP contribution < -0.4 is 0 Å². The van der Waals surface area contributed by atoms with Crippen LogP contribution in [0.3, 0.4) is 0 Å². The smallest absolute Gasteiger partial charge is 0.323 e. The summed E-state index contributed by atoms with van der Waals surface area (Å²) < 4.78 is 5.03. The molecule has 0 radical (unpaired) electrons. The van der Waals surface area contributed by atoms with Crippen molar-refractivity contribution in [2.75, 3.05) is 6.61 Å². The second kappa shape index (κ2) is 4.77. The van der Waals surface area contributed by atoms with E-state index in [0.717, 1.165) is 5.56 Å². The highest BCUT2D eigenvalue weighted by atomic mass is 16.5. The van der Waals surface area contributed by atoms with Gasteiger partial charge in [0.25, 0.3) is 0 Å². The molecule has 0 aromatic heterocycles. The molecule has 1 aromatic carbocycles. The van der Waals surface area contributed by atoms with Crippen LogP contribution in [0.1, 0.15) is 29.3 Å². The molecule has 3 nitrogen and oxygen atoms in total. The molecule has 0 amide bonds. The Hall–Kier alpha value is -1.90. The molecular formula is C15H16O3. The van der Waals surface area contributed by atoms with Gasteiger partial charge in [0, 0.05) is 5.56 Å². The van der Waals surface area contributed by atoms with Crippen LogP contribution in [0.4, 0.5) is 0 Å². The topological polar surface area (TPSA) is 43.4 Å². The second-order valence-electron chi connectivity index (χ2n) is 4.38. The zero-order valence-electron chi connectivity index (χ0n) is 10.4. The maximum atomic E-state index is 12.5. The highest BCUT2D eigenvalue weighted by Crippen LogP contribution is 2.37. The normalized spacial score (nSPS) is 22.2. The number of esters is 1. The first kappa shape index (κ1) is 12.6. The van der Waals surface area contributed by atoms with E-state index in [1.807, 2.05) is 12.1 Å². The lowest BCUT2D eigenvalue weighted by Crippen LogP contribution is -2.42. The highest BCUT2D eigenvalue weighted by molar-refractivity contribution is 6.15. The summed E-state index contributed by atoms with van der Waals surface area (Å²) in [4.78, 5) is 24.6. The zero-order chi connectivity index (χ0) is 13.2. The number of ketones is 1. The van der Waals surface area contributed by atoms with E-state index < -0.39 is 11.4 Å². The molecule has 1 aliphatic carbocycles. The molecule has 2 rings (SSSR count). The molecule has 0 N–H and O–H groups in total. The number of hydrogen-bond donors (Lipinski definition) is 0. The van der Waals surface area contributed by atoms with Gasteiger partial charge in [0.2, 0.25) is 0 Å². The molecule has 3 heteroatoms. The van der Waals surface area contributed by atoms with Crippen molar-refractivity contribution in [1.82, 2.24) is 0 Å². The molecule has 1 aliphatic rings. The van der Waals surface area contributed by atoms with Gasteiger partial charge in [-0.2, -0.15) is 0 Å². The van der Waals surface area contributed by atoms with Gasteiger partial charge in [0.15, 0.2) is 5.78 Å². The summed E-state index contributed by atoms with van der Waals surface area (Å²) in [6.45, 7) is 5.66. The van der Waals surface area contributed by atoms with Crippen molar-refractivity contribution in [3.8, 4) is 0 Å². The second-order valence-corrected chi connectivity index (χ2v) is 4.38. The predicted octanol–water partition coefficient (Wildman–Crippen LogP) is 2.55. The Morgan fingerprint density at radius 1 is 1.50 bits per heavy atom. The Balaban J connectivity index is 2.45. The van der Waals surface area contributed by atoms with Gasteiger partial charge in [0.1, 0.15) is 5.41 Å². The van der Waals surface area contributed by atoms with Gasteiger partial charge in [-0.05, 0) is 25.3 Å². The fraction of sp³-hybridized carbons (Fsp3) is 0.333. The van der Waals surface area contributed by atoms with Crippen molar-refractivity contribution >= 4 is 11.8 Å². The van der Waals surface area contributed by atoms with Crippen LogP contribution >= 0.6 is 0 Å². The van der Waals surface area contributed by atoms with Gasteiger partial charge >= 0.3 is 5.97 Å². The molecule has 0 bridgehead atoms. The molecule has 18 heavy (non-hydrogen) atoms. The standard InChI is InChI=1S/C15H16O3/c1-3-15(14(17)18-4-2)10-9-11-7-5-6-8-12(11)13(15)16/h3,5-8H,1,4,9-10H2,2H3. The van der Waals surface area contributed by atoms with Gasteiger partial charge in [-0.1, -0.05) is 30.3 Å². The molecule has 0 fully saturated rings. The number of hydrogen-bond acceptors (Lipinski definition) is 3. The fourth-order valence-corrected chi connectivity index (χ4v) is 2.38. The molecule has 1 unspecified atom stereocenters. The number of fused-ring (bicyclic) bond motifs is 1. The van der Waals surface area contributed by atoms with Gasteiger partial charge < -0.3 is 4.74 Å². The third kappa shape index (κ3) is 1.76. The van der Waals surface area contributed by atoms with Gasteiger partial charge in [-0.25, -0.2) is 0 Å². The predicted molar refractivity (Wildman–Crippen MR) is 68.4 cm³/mol. The minimum absolute atomic E-state index is 0.196. The van der Waals surface area contributed by atoms with Crippen molar-refractivity contribution in [2.45, 2.75) is 19.8 Å². The zero-order valence-corrected chi connectivity index (χ0v) is 10.4. The number of rotatable bonds is 3. The molecule has 0 saturated heterocycles. The number of ether oxygens (including phenoxy) is 1. The number of carbonyl (C=O) groups is 2. The molecular weight excluding hydrogens is 228 g/mol. The first-order valence-electron chi connectivity index (χ1n) is 6.09. The van der Waals surface area contributed by atoms with E-state index in [-0.39, 0.29) is 12.4 Å². The summed E-state index contributed by atoms with van der Waals surface area (Å²) in [7, 11) is 0. The highest BCUT2D eigenvalue weighted by Gasteiger charge is 2.47. The van der Waals surface area contributed by atoms with Gasteiger partial charge in [0.05, 0.1) is 6.61 Å². The summed E-state index contributed by atoms with van der Waals surface area (Å²) in [6, 6.07) is 7.39. The van der Waals surface area contributed by atoms with Crippen molar-refractivity contribution < 1.29 is 14.3 Å². The number of Topliss-reactive ketones (excluding diaryl/α,β-unsaturated/α-hetero) is 1. The Morgan fingerprint density at radius 3 is 2.89 bits per heavy atom. The summed E-state index contributed by atoms with van der Waals surface area (Å²) in [6.07, 6.45) is 2.56. The van der Waals surface area contributed by atoms with Crippen LogP contribution in [0, 0.1) is 5.41 Å². The Morgan fingerprint density at radius 2 is 2.22 bits per heavy atom. The first-order chi connectivity index (χ1) is 8.65. The largest absolute Gasteiger partial charge is 0.465 e. The number of carbonyl (C=O) groups excluding carboxylic acids is 2. The molecule has 0 spiro atoms. The van der Waals surface area contributed by atoms with E-state index in [2.05, 4.69) is 6.58 Å². The fourth-order valence-electron chi connectivity index (χ4n) is 2.38. The quantitative estimate of drug-likeness (QED) is 0.466. The van der Waals surface area contributed by atoms with E-state index >= 15 is 0 Å². The average molecular weight is 244 g/mol. The van der Waals surface area contributed by atoms with Crippen LogP contribution in [0.15, 0.2) is 36.9 Å². The van der Waals surface area contributed by atoms with Crippen molar-refractivity contribution in [1.29, 1.82) is 0 Å². The minimum Gasteiger partial charge on any atom is -0.465 e. The lowest BCUT2D eigenvalue weighted by molar-refractivity contribution is -0.150. The van der Waals surface area contributed by atoms with Gasteiger partial charge in [-0.3, -0.25) is 9.59 Å². The van der Waals surface area contributed by atoms with Gasteiger partial charge in [-0.15, -0.1) is 6.58 Å². The molecule has 0 heterocycles. The summed E-state index contributed by atoms with van der Waals surface area (Å²) >= 11 is 0. The summed E-state index contributed by atoms with van der Waals surface area (Å²) in [5.41, 5.74) is 0.394. The van der Waals surface area contributed by atoms with E-state index in [1.54, 1.807) is 19.1 Å². The maximum absolute atomic E-state index is 12.5. The van der Waals surface area contributed by atoms with Crippen molar-refractivity contribution in [3.63, 3.8) is 0 Å². The van der Waals surface area contributed by atoms with E-state index in [4.69, 9.17) is 4.74 Å². The summed E-state index contributed by atoms with van der Waals surface area (Å²) in [5.74, 6) is -0.683. The number of benzene rings is 1. The van der Waals surface area contributed by atoms with E-state index in [9.17, 15) is 9.59 Å². The first-order valence-corrected chi connectivity index (χ1v) is 6.09. The van der Waals surface area contributed by atoms with Crippen LogP contribution in [0.5, 0.6) is 0 Å². The van der Waals surface area contributed by atoms with E-state index in [1.165, 1.54) is 6.08 Å². The Kier molecular flexibility index (Phi) is 3.32. The summed E-state index contributed by atoms with van der Waals surface area (Å²) in [5, 5.41) is 0.